The maximum absolute atomic E-state index is 13.3. The highest BCUT2D eigenvalue weighted by atomic mass is 16.5. The lowest BCUT2D eigenvalue weighted by molar-refractivity contribution is 0.0763. The number of nitrogens with one attached hydrogen (secondary N) is 3. The number of carbonyl (C=O) groups excluding carboxylic acids is 1. The summed E-state index contributed by atoms with van der Waals surface area (Å²) in [4.78, 5) is 35.7. The van der Waals surface area contributed by atoms with Crippen LogP contribution < -0.4 is 30.6 Å². The Labute approximate surface area is 240 Å². The van der Waals surface area contributed by atoms with Crippen LogP contribution in [0.2, 0.25) is 0 Å². The van der Waals surface area contributed by atoms with Crippen molar-refractivity contribution in [1.82, 2.24) is 14.8 Å². The second-order valence-corrected chi connectivity index (χ2v) is 10.9. The number of fused-ring (bicyclic) bond motifs is 2. The third kappa shape index (κ3) is 5.19. The minimum atomic E-state index is -0.382. The highest BCUT2D eigenvalue weighted by Gasteiger charge is 2.35. The van der Waals surface area contributed by atoms with Crippen molar-refractivity contribution in [3.63, 3.8) is 0 Å². The molecule has 1 aromatic heterocycles. The van der Waals surface area contributed by atoms with Crippen molar-refractivity contribution in [2.24, 2.45) is 0 Å². The minimum absolute atomic E-state index is 0.0896. The van der Waals surface area contributed by atoms with Gasteiger partial charge in [0, 0.05) is 50.7 Å². The second kappa shape index (κ2) is 11.4. The van der Waals surface area contributed by atoms with E-state index in [9.17, 15) is 9.59 Å². The van der Waals surface area contributed by atoms with E-state index in [1.807, 2.05) is 47.2 Å². The Balaban J connectivity index is 1.17. The highest BCUT2D eigenvalue weighted by Crippen LogP contribution is 2.43. The molecule has 1 saturated heterocycles. The van der Waals surface area contributed by atoms with Gasteiger partial charge in [-0.05, 0) is 79.9 Å². The molecule has 3 aliphatic rings. The number of hydrogen-bond donors (Lipinski definition) is 3. The fraction of sp³-hybridized carbons (Fsp3) is 0.419. The van der Waals surface area contributed by atoms with Crippen molar-refractivity contribution in [2.45, 2.75) is 32.0 Å². The first kappa shape index (κ1) is 27.0. The van der Waals surface area contributed by atoms with Crippen LogP contribution in [-0.4, -0.2) is 74.7 Å². The summed E-state index contributed by atoms with van der Waals surface area (Å²) < 4.78 is 10.9. The number of carbonyl (C=O) groups is 1. The summed E-state index contributed by atoms with van der Waals surface area (Å²) >= 11 is 0. The zero-order valence-corrected chi connectivity index (χ0v) is 24.0. The van der Waals surface area contributed by atoms with E-state index in [-0.39, 0.29) is 17.6 Å². The number of H-pyrrole nitrogens is 1. The number of rotatable bonds is 10. The standard InChI is InChI=1S/C31H38N6O4/c1-35-26-18-23-21(19-37(31(23)39)15-14-36-12-4-5-13-36)17-25(26)34-29(35)28-24(9-11-33-30(28)38)32-10-8-20-16-22(40-2)6-7-27(20)41-3/h6-7,9,11,16-18,29,34H,4-5,8,10,12-15,19H2,1-3H3,(H2,32,33,38). The molecule has 4 heterocycles. The summed E-state index contributed by atoms with van der Waals surface area (Å²) in [6.07, 6.45) is 4.46. The minimum Gasteiger partial charge on any atom is -0.497 e. The molecular formula is C31H38N6O4. The van der Waals surface area contributed by atoms with Gasteiger partial charge in [0.1, 0.15) is 17.7 Å². The Morgan fingerprint density at radius 1 is 1.02 bits per heavy atom. The smallest absolute Gasteiger partial charge is 0.257 e. The van der Waals surface area contributed by atoms with Gasteiger partial charge < -0.3 is 39.8 Å². The molecule has 1 atom stereocenters. The predicted octanol–water partition coefficient (Wildman–Crippen LogP) is 3.66. The number of aromatic nitrogens is 1. The Kier molecular flexibility index (Phi) is 7.49. The van der Waals surface area contributed by atoms with Gasteiger partial charge in [-0.25, -0.2) is 0 Å². The molecule has 10 heteroatoms. The molecule has 216 valence electrons. The van der Waals surface area contributed by atoms with Gasteiger partial charge in [0.2, 0.25) is 0 Å². The molecule has 1 amide bonds. The summed E-state index contributed by atoms with van der Waals surface area (Å²) in [5.74, 6) is 1.66. The third-order valence-electron chi connectivity index (χ3n) is 8.51. The summed E-state index contributed by atoms with van der Waals surface area (Å²) in [6, 6.07) is 11.7. The van der Waals surface area contributed by atoms with E-state index in [4.69, 9.17) is 9.47 Å². The lowest BCUT2D eigenvalue weighted by Crippen LogP contribution is -2.34. The number of aromatic amines is 1. The first-order valence-corrected chi connectivity index (χ1v) is 14.3. The van der Waals surface area contributed by atoms with E-state index < -0.39 is 0 Å². The van der Waals surface area contributed by atoms with Crippen molar-refractivity contribution in [3.8, 4) is 11.5 Å². The maximum atomic E-state index is 13.3. The van der Waals surface area contributed by atoms with Gasteiger partial charge >= 0.3 is 0 Å². The molecule has 3 aliphatic heterocycles. The average molecular weight is 559 g/mol. The summed E-state index contributed by atoms with van der Waals surface area (Å²) in [6.45, 7) is 5.16. The predicted molar refractivity (Wildman–Crippen MR) is 160 cm³/mol. The largest absolute Gasteiger partial charge is 0.497 e. The van der Waals surface area contributed by atoms with Crippen LogP contribution in [0.25, 0.3) is 0 Å². The Morgan fingerprint density at radius 3 is 2.63 bits per heavy atom. The topological polar surface area (TPSA) is 102 Å². The second-order valence-electron chi connectivity index (χ2n) is 10.9. The summed E-state index contributed by atoms with van der Waals surface area (Å²) in [5, 5.41) is 7.01. The average Bonchev–Trinajstić information content (AvgIpc) is 3.69. The van der Waals surface area contributed by atoms with Crippen LogP contribution in [0.15, 0.2) is 47.4 Å². The number of benzene rings is 2. The van der Waals surface area contributed by atoms with Crippen molar-refractivity contribution in [1.29, 1.82) is 0 Å². The number of hydrogen-bond acceptors (Lipinski definition) is 8. The van der Waals surface area contributed by atoms with Crippen molar-refractivity contribution < 1.29 is 14.3 Å². The zero-order valence-electron chi connectivity index (χ0n) is 24.0. The Morgan fingerprint density at radius 2 is 1.85 bits per heavy atom. The molecule has 0 bridgehead atoms. The number of ether oxygens (including phenoxy) is 2. The quantitative estimate of drug-likeness (QED) is 0.347. The molecule has 0 radical (unpaired) electrons. The molecule has 6 rings (SSSR count). The Hall–Kier alpha value is -4.18. The first-order valence-electron chi connectivity index (χ1n) is 14.3. The molecule has 3 N–H and O–H groups in total. The number of methoxy groups -OCH3 is 2. The molecule has 0 aliphatic carbocycles. The molecule has 2 aromatic carbocycles. The number of likely N-dealkylation sites (tertiary alicyclic amines) is 1. The summed E-state index contributed by atoms with van der Waals surface area (Å²) in [5.41, 5.74) is 5.84. The number of anilines is 3. The van der Waals surface area contributed by atoms with E-state index >= 15 is 0 Å². The molecule has 1 unspecified atom stereocenters. The van der Waals surface area contributed by atoms with E-state index in [1.54, 1.807) is 20.4 Å². The summed E-state index contributed by atoms with van der Waals surface area (Å²) in [7, 11) is 5.26. The van der Waals surface area contributed by atoms with Gasteiger partial charge in [-0.3, -0.25) is 9.59 Å². The highest BCUT2D eigenvalue weighted by molar-refractivity contribution is 6.01. The molecule has 0 spiro atoms. The van der Waals surface area contributed by atoms with Crippen LogP contribution in [0, 0.1) is 0 Å². The fourth-order valence-corrected chi connectivity index (χ4v) is 6.24. The number of amides is 1. The molecular weight excluding hydrogens is 520 g/mol. The van der Waals surface area contributed by atoms with E-state index in [0.29, 0.717) is 25.1 Å². The fourth-order valence-electron chi connectivity index (χ4n) is 6.24. The van der Waals surface area contributed by atoms with Crippen LogP contribution in [-0.2, 0) is 13.0 Å². The lowest BCUT2D eigenvalue weighted by atomic mass is 10.1. The SMILES string of the molecule is COc1ccc(OC)c(CCNc2cc[nH]c(=O)c2C2Nc3cc4c(cc3N2C)C(=O)N(CCN2CCCC2)C4)c1. The van der Waals surface area contributed by atoms with Crippen LogP contribution in [0.5, 0.6) is 11.5 Å². The van der Waals surface area contributed by atoms with Gasteiger partial charge in [0.05, 0.1) is 31.2 Å². The van der Waals surface area contributed by atoms with Gasteiger partial charge in [-0.1, -0.05) is 0 Å². The van der Waals surface area contributed by atoms with Crippen LogP contribution >= 0.6 is 0 Å². The molecule has 0 saturated carbocycles. The lowest BCUT2D eigenvalue weighted by Gasteiger charge is -2.24. The van der Waals surface area contributed by atoms with Gasteiger partial charge in [0.15, 0.2) is 0 Å². The van der Waals surface area contributed by atoms with Crippen molar-refractivity contribution in [2.75, 3.05) is 69.5 Å². The van der Waals surface area contributed by atoms with Gasteiger partial charge in [0.25, 0.3) is 11.5 Å². The zero-order chi connectivity index (χ0) is 28.5. The maximum Gasteiger partial charge on any atom is 0.257 e. The molecule has 1 fully saturated rings. The first-order chi connectivity index (χ1) is 20.0. The van der Waals surface area contributed by atoms with Crippen LogP contribution in [0.1, 0.15) is 46.1 Å². The van der Waals surface area contributed by atoms with Crippen molar-refractivity contribution >= 4 is 23.0 Å². The van der Waals surface area contributed by atoms with Gasteiger partial charge in [-0.2, -0.15) is 0 Å². The molecule has 10 nitrogen and oxygen atoms in total. The molecule has 3 aromatic rings. The third-order valence-corrected chi connectivity index (χ3v) is 8.51. The van der Waals surface area contributed by atoms with E-state index in [2.05, 4.69) is 26.6 Å². The van der Waals surface area contributed by atoms with Gasteiger partial charge in [-0.15, -0.1) is 0 Å². The van der Waals surface area contributed by atoms with E-state index in [1.165, 1.54) is 12.8 Å². The molecule has 41 heavy (non-hydrogen) atoms. The monoisotopic (exact) mass is 558 g/mol. The van der Waals surface area contributed by atoms with Crippen LogP contribution in [0.4, 0.5) is 17.1 Å². The van der Waals surface area contributed by atoms with Crippen molar-refractivity contribution in [3.05, 3.63) is 75.2 Å². The Bertz CT molecular complexity index is 1500. The van der Waals surface area contributed by atoms with E-state index in [0.717, 1.165) is 71.4 Å². The van der Waals surface area contributed by atoms with Crippen LogP contribution in [0.3, 0.4) is 0 Å². The number of nitrogens with zero attached hydrogens (tertiary/aromatic N) is 3. The normalized spacial score (nSPS) is 17.9. The number of pyridine rings is 1.